The fraction of sp³-hybridized carbons (Fsp3) is 0.500. The lowest BCUT2D eigenvalue weighted by Crippen LogP contribution is -2.17. The molecule has 0 saturated carbocycles. The maximum Gasteiger partial charge on any atom is 0.137 e. The van der Waals surface area contributed by atoms with Crippen LogP contribution in [0.5, 0.6) is 5.75 Å². The van der Waals surface area contributed by atoms with E-state index < -0.39 is 0 Å². The number of nitrogens with zero attached hydrogens (tertiary/aromatic N) is 3. The van der Waals surface area contributed by atoms with Gasteiger partial charge in [0.2, 0.25) is 0 Å². The third kappa shape index (κ3) is 3.61. The molecule has 0 amide bonds. The minimum Gasteiger partial charge on any atom is -0.492 e. The lowest BCUT2D eigenvalue weighted by atomic mass is 10.1. The van der Waals surface area contributed by atoms with Crippen LogP contribution < -0.4 is 10.5 Å². The van der Waals surface area contributed by atoms with Gasteiger partial charge < -0.3 is 10.5 Å². The van der Waals surface area contributed by atoms with Crippen molar-refractivity contribution >= 4 is 0 Å². The third-order valence-corrected chi connectivity index (χ3v) is 3.41. The summed E-state index contributed by atoms with van der Waals surface area (Å²) in [6, 6.07) is 3.80. The molecule has 0 fully saturated rings. The molecular weight excluding hydrogens is 264 g/mol. The van der Waals surface area contributed by atoms with E-state index in [9.17, 15) is 0 Å². The highest BCUT2D eigenvalue weighted by Gasteiger charge is 2.16. The Kier molecular flexibility index (Phi) is 5.33. The van der Waals surface area contributed by atoms with E-state index in [1.165, 1.54) is 0 Å². The molecule has 0 aliphatic heterocycles. The van der Waals surface area contributed by atoms with E-state index in [2.05, 4.69) is 36.9 Å². The lowest BCUT2D eigenvalue weighted by Gasteiger charge is -2.14. The maximum absolute atomic E-state index is 6.40. The molecule has 5 heteroatoms. The molecule has 0 radical (unpaired) electrons. The van der Waals surface area contributed by atoms with Crippen LogP contribution in [0.4, 0.5) is 0 Å². The molecule has 0 aromatic carbocycles. The van der Waals surface area contributed by atoms with Crippen molar-refractivity contribution in [2.24, 2.45) is 5.73 Å². The molecule has 1 unspecified atom stereocenters. The third-order valence-electron chi connectivity index (χ3n) is 3.41. The number of aromatic nitrogens is 3. The fourth-order valence-electron chi connectivity index (χ4n) is 2.24. The van der Waals surface area contributed by atoms with E-state index in [1.807, 2.05) is 10.7 Å². The van der Waals surface area contributed by atoms with Gasteiger partial charge in [-0.1, -0.05) is 13.8 Å². The minimum atomic E-state index is -0.240. The van der Waals surface area contributed by atoms with Gasteiger partial charge in [0.05, 0.1) is 30.2 Å². The van der Waals surface area contributed by atoms with Crippen LogP contribution in [0.2, 0.25) is 0 Å². The van der Waals surface area contributed by atoms with Crippen LogP contribution in [0.3, 0.4) is 0 Å². The maximum atomic E-state index is 6.40. The molecular formula is C16H24N4O. The monoisotopic (exact) mass is 288 g/mol. The van der Waals surface area contributed by atoms with E-state index in [0.717, 1.165) is 42.1 Å². The highest BCUT2D eigenvalue weighted by molar-refractivity contribution is 5.31. The van der Waals surface area contributed by atoms with E-state index in [0.29, 0.717) is 6.61 Å². The van der Waals surface area contributed by atoms with Gasteiger partial charge in [0.15, 0.2) is 0 Å². The van der Waals surface area contributed by atoms with Crippen LogP contribution in [0, 0.1) is 0 Å². The van der Waals surface area contributed by atoms with Crippen molar-refractivity contribution in [2.75, 3.05) is 6.61 Å². The average molecular weight is 288 g/mol. The average Bonchev–Trinajstić information content (AvgIpc) is 2.96. The van der Waals surface area contributed by atoms with Gasteiger partial charge in [-0.15, -0.1) is 0 Å². The first kappa shape index (κ1) is 15.5. The van der Waals surface area contributed by atoms with Crippen molar-refractivity contribution in [1.82, 2.24) is 14.8 Å². The molecule has 2 aromatic rings. The van der Waals surface area contributed by atoms with Gasteiger partial charge in [0.1, 0.15) is 5.75 Å². The van der Waals surface area contributed by atoms with Gasteiger partial charge >= 0.3 is 0 Å². The van der Waals surface area contributed by atoms with Crippen LogP contribution in [0.15, 0.2) is 24.5 Å². The zero-order chi connectivity index (χ0) is 15.2. The number of aryl methyl sites for hydroxylation is 2. The number of rotatable bonds is 7. The highest BCUT2D eigenvalue weighted by Crippen LogP contribution is 2.23. The number of pyridine rings is 1. The lowest BCUT2D eigenvalue weighted by molar-refractivity contribution is 0.315. The molecule has 114 valence electrons. The number of hydrogen-bond donors (Lipinski definition) is 1. The Balaban J connectivity index is 2.26. The van der Waals surface area contributed by atoms with E-state index in [4.69, 9.17) is 10.5 Å². The van der Waals surface area contributed by atoms with Gasteiger partial charge in [-0.2, -0.15) is 5.10 Å². The normalized spacial score (nSPS) is 12.4. The second kappa shape index (κ2) is 7.22. The molecule has 21 heavy (non-hydrogen) atoms. The van der Waals surface area contributed by atoms with Gasteiger partial charge in [-0.05, 0) is 37.5 Å². The first-order chi connectivity index (χ1) is 10.2. The number of ether oxygens (including phenoxy) is 1. The molecule has 0 bridgehead atoms. The largest absolute Gasteiger partial charge is 0.492 e. The van der Waals surface area contributed by atoms with E-state index >= 15 is 0 Å². The Hall–Kier alpha value is -1.88. The van der Waals surface area contributed by atoms with Crippen LogP contribution in [-0.2, 0) is 13.0 Å². The molecule has 2 heterocycles. The summed E-state index contributed by atoms with van der Waals surface area (Å²) in [6.07, 6.45) is 5.39. The fourth-order valence-corrected chi connectivity index (χ4v) is 2.24. The quantitative estimate of drug-likeness (QED) is 0.850. The topological polar surface area (TPSA) is 66.0 Å². The second-order valence-electron chi connectivity index (χ2n) is 5.01. The first-order valence-corrected chi connectivity index (χ1v) is 7.59. The Morgan fingerprint density at radius 3 is 2.71 bits per heavy atom. The van der Waals surface area contributed by atoms with Gasteiger partial charge in [0.25, 0.3) is 0 Å². The Bertz CT molecular complexity index is 579. The van der Waals surface area contributed by atoms with Gasteiger partial charge in [0, 0.05) is 12.7 Å². The summed E-state index contributed by atoms with van der Waals surface area (Å²) in [5, 5.41) is 4.55. The summed E-state index contributed by atoms with van der Waals surface area (Å²) in [7, 11) is 0. The molecule has 1 atom stereocenters. The van der Waals surface area contributed by atoms with Crippen LogP contribution >= 0.6 is 0 Å². The molecule has 2 rings (SSSR count). The molecule has 0 aliphatic carbocycles. The molecule has 2 N–H and O–H groups in total. The summed E-state index contributed by atoms with van der Waals surface area (Å²) in [4.78, 5) is 4.23. The Labute approximate surface area is 126 Å². The summed E-state index contributed by atoms with van der Waals surface area (Å²) >= 11 is 0. The summed E-state index contributed by atoms with van der Waals surface area (Å²) < 4.78 is 7.59. The van der Waals surface area contributed by atoms with Crippen molar-refractivity contribution in [3.63, 3.8) is 0 Å². The first-order valence-electron chi connectivity index (χ1n) is 7.59. The van der Waals surface area contributed by atoms with Gasteiger partial charge in [-0.3, -0.25) is 9.67 Å². The number of hydrogen-bond acceptors (Lipinski definition) is 4. The molecule has 2 aromatic heterocycles. The minimum absolute atomic E-state index is 0.240. The number of nitrogens with two attached hydrogens (primary N) is 1. The molecule has 0 saturated heterocycles. The molecule has 0 spiro atoms. The van der Waals surface area contributed by atoms with Crippen molar-refractivity contribution in [3.05, 3.63) is 41.5 Å². The van der Waals surface area contributed by atoms with E-state index in [-0.39, 0.29) is 6.04 Å². The van der Waals surface area contributed by atoms with Crippen molar-refractivity contribution in [2.45, 2.75) is 46.2 Å². The summed E-state index contributed by atoms with van der Waals surface area (Å²) in [6.45, 7) is 7.74. The second-order valence-corrected chi connectivity index (χ2v) is 5.01. The van der Waals surface area contributed by atoms with Crippen LogP contribution in [0.25, 0.3) is 0 Å². The van der Waals surface area contributed by atoms with Crippen molar-refractivity contribution in [3.8, 4) is 5.75 Å². The Morgan fingerprint density at radius 2 is 2.05 bits per heavy atom. The standard InChI is InChI=1S/C16H24N4O/c1-4-7-21-14-8-12(10-18-11-14)16(17)15-9-13(5-2)19-20(15)6-3/h8-11,16H,4-7,17H2,1-3H3. The van der Waals surface area contributed by atoms with Gasteiger partial charge in [-0.25, -0.2) is 0 Å². The smallest absolute Gasteiger partial charge is 0.137 e. The zero-order valence-corrected chi connectivity index (χ0v) is 13.0. The summed E-state index contributed by atoms with van der Waals surface area (Å²) in [5.41, 5.74) is 9.43. The van der Waals surface area contributed by atoms with Crippen LogP contribution in [0.1, 0.15) is 50.2 Å². The predicted molar refractivity (Wildman–Crippen MR) is 83.3 cm³/mol. The van der Waals surface area contributed by atoms with Crippen molar-refractivity contribution < 1.29 is 4.74 Å². The summed E-state index contributed by atoms with van der Waals surface area (Å²) in [5.74, 6) is 0.767. The molecule has 5 nitrogen and oxygen atoms in total. The SMILES string of the molecule is CCCOc1cncc(C(N)c2cc(CC)nn2CC)c1. The Morgan fingerprint density at radius 1 is 1.24 bits per heavy atom. The van der Waals surface area contributed by atoms with Crippen molar-refractivity contribution in [1.29, 1.82) is 0 Å². The van der Waals surface area contributed by atoms with Crippen LogP contribution in [-0.4, -0.2) is 21.4 Å². The zero-order valence-electron chi connectivity index (χ0n) is 13.0. The molecule has 0 aliphatic rings. The highest BCUT2D eigenvalue weighted by atomic mass is 16.5. The van der Waals surface area contributed by atoms with E-state index in [1.54, 1.807) is 12.4 Å². The predicted octanol–water partition coefficient (Wildman–Crippen LogP) is 2.70.